The predicted octanol–water partition coefficient (Wildman–Crippen LogP) is 3.88. The van der Waals surface area contributed by atoms with E-state index in [2.05, 4.69) is 19.9 Å². The minimum atomic E-state index is -0.638. The van der Waals surface area contributed by atoms with Crippen molar-refractivity contribution in [3.8, 4) is 6.07 Å². The largest absolute Gasteiger partial charge is 0.319 e. The lowest BCUT2D eigenvalue weighted by molar-refractivity contribution is 0.0430. The van der Waals surface area contributed by atoms with Gasteiger partial charge in [-0.1, -0.05) is 25.4 Å². The highest BCUT2D eigenvalue weighted by atomic mass is 35.5. The van der Waals surface area contributed by atoms with Crippen LogP contribution in [0, 0.1) is 28.1 Å². The molecule has 1 saturated heterocycles. The number of hydrogen-bond acceptors (Lipinski definition) is 2. The van der Waals surface area contributed by atoms with E-state index < -0.39 is 5.54 Å². The summed E-state index contributed by atoms with van der Waals surface area (Å²) in [6, 6.07) is 9.53. The number of halogens is 1. The minimum absolute atomic E-state index is 0.0338. The summed E-state index contributed by atoms with van der Waals surface area (Å²) >= 11 is 5.91. The summed E-state index contributed by atoms with van der Waals surface area (Å²) in [6.07, 6.45) is 3.07. The SMILES string of the molecule is C[C@@]12CC[C@H]3C[C@@]1(C#N)N(C(=O)c1ccc(Cl)cc1)C[C@]32C. The Bertz CT molecular complexity index is 709. The topological polar surface area (TPSA) is 44.1 Å². The standard InChI is InChI=1S/C18H19ClN2O/c1-16-11-21(15(22)12-3-5-14(19)6-4-12)18(10-20)9-13(16)7-8-17(16,18)2/h3-6,13H,7-9,11H2,1-2H3/t13-,16+,17-,18-/m0/s1. The molecular formula is C18H19ClN2O. The van der Waals surface area contributed by atoms with Crippen LogP contribution in [0.25, 0.3) is 0 Å². The number of piperidine rings is 1. The Hall–Kier alpha value is -1.53. The predicted molar refractivity (Wildman–Crippen MR) is 84.4 cm³/mol. The van der Waals surface area contributed by atoms with Crippen LogP contribution in [0.4, 0.5) is 0 Å². The average Bonchev–Trinajstić information content (AvgIpc) is 2.96. The highest BCUT2D eigenvalue weighted by molar-refractivity contribution is 6.30. The molecule has 0 spiro atoms. The second-order valence-electron chi connectivity index (χ2n) is 7.56. The molecule has 2 aliphatic carbocycles. The van der Waals surface area contributed by atoms with Gasteiger partial charge in [0.1, 0.15) is 5.54 Å². The van der Waals surface area contributed by atoms with Crippen molar-refractivity contribution in [1.29, 1.82) is 5.26 Å². The number of nitriles is 1. The van der Waals surface area contributed by atoms with E-state index in [1.807, 2.05) is 4.90 Å². The molecular weight excluding hydrogens is 296 g/mol. The Kier molecular flexibility index (Phi) is 2.60. The Balaban J connectivity index is 1.78. The van der Waals surface area contributed by atoms with E-state index in [4.69, 9.17) is 11.6 Å². The molecule has 4 atom stereocenters. The number of carbonyl (C=O) groups is 1. The van der Waals surface area contributed by atoms with Gasteiger partial charge < -0.3 is 4.90 Å². The smallest absolute Gasteiger partial charge is 0.255 e. The number of carbonyl (C=O) groups excluding carboxylic acids is 1. The van der Waals surface area contributed by atoms with Crippen LogP contribution in [0.3, 0.4) is 0 Å². The lowest BCUT2D eigenvalue weighted by atomic mass is 9.66. The van der Waals surface area contributed by atoms with E-state index in [1.54, 1.807) is 24.3 Å². The Labute approximate surface area is 135 Å². The normalized spacial score (nSPS) is 41.7. The van der Waals surface area contributed by atoms with E-state index in [1.165, 1.54) is 6.42 Å². The molecule has 1 amide bonds. The van der Waals surface area contributed by atoms with Crippen molar-refractivity contribution in [3.63, 3.8) is 0 Å². The molecule has 0 N–H and O–H groups in total. The molecule has 2 saturated carbocycles. The van der Waals surface area contributed by atoms with Gasteiger partial charge in [-0.2, -0.15) is 5.26 Å². The van der Waals surface area contributed by atoms with Crippen molar-refractivity contribution in [3.05, 3.63) is 34.9 Å². The molecule has 1 heterocycles. The summed E-state index contributed by atoms with van der Waals surface area (Å²) in [4.78, 5) is 14.9. The third-order valence-electron chi connectivity index (χ3n) is 7.08. The average molecular weight is 315 g/mol. The third-order valence-corrected chi connectivity index (χ3v) is 7.33. The molecule has 0 radical (unpaired) electrons. The molecule has 1 aromatic rings. The minimum Gasteiger partial charge on any atom is -0.319 e. The van der Waals surface area contributed by atoms with E-state index in [9.17, 15) is 10.1 Å². The highest BCUT2D eigenvalue weighted by Gasteiger charge is 2.78. The third kappa shape index (κ3) is 1.32. The van der Waals surface area contributed by atoms with Gasteiger partial charge in [0, 0.05) is 22.5 Å². The fourth-order valence-corrected chi connectivity index (χ4v) is 5.63. The van der Waals surface area contributed by atoms with Gasteiger partial charge in [0.15, 0.2) is 0 Å². The molecule has 3 nitrogen and oxygen atoms in total. The molecule has 114 valence electrons. The number of benzene rings is 1. The fourth-order valence-electron chi connectivity index (χ4n) is 5.50. The van der Waals surface area contributed by atoms with Crippen LogP contribution in [0.2, 0.25) is 5.02 Å². The first-order valence-corrected chi connectivity index (χ1v) is 8.25. The van der Waals surface area contributed by atoms with Gasteiger partial charge in [-0.05, 0) is 54.9 Å². The van der Waals surface area contributed by atoms with Gasteiger partial charge in [0.2, 0.25) is 0 Å². The first-order valence-electron chi connectivity index (χ1n) is 7.87. The molecule has 1 aliphatic heterocycles. The zero-order valence-corrected chi connectivity index (χ0v) is 13.7. The molecule has 3 aliphatic rings. The quantitative estimate of drug-likeness (QED) is 0.789. The number of rotatable bonds is 1. The highest BCUT2D eigenvalue weighted by Crippen LogP contribution is 2.75. The van der Waals surface area contributed by atoms with Crippen molar-refractivity contribution in [1.82, 2.24) is 4.90 Å². The van der Waals surface area contributed by atoms with Crippen molar-refractivity contribution in [2.24, 2.45) is 16.7 Å². The van der Waals surface area contributed by atoms with Crippen molar-refractivity contribution in [2.45, 2.75) is 38.6 Å². The van der Waals surface area contributed by atoms with Gasteiger partial charge in [-0.3, -0.25) is 4.79 Å². The van der Waals surface area contributed by atoms with E-state index >= 15 is 0 Å². The Morgan fingerprint density at radius 1 is 1.36 bits per heavy atom. The summed E-state index contributed by atoms with van der Waals surface area (Å²) in [5.74, 6) is 0.542. The van der Waals surface area contributed by atoms with Crippen LogP contribution in [0.5, 0.6) is 0 Å². The maximum atomic E-state index is 13.0. The van der Waals surface area contributed by atoms with Crippen LogP contribution in [0.1, 0.15) is 43.5 Å². The Morgan fingerprint density at radius 3 is 2.64 bits per heavy atom. The van der Waals surface area contributed by atoms with Crippen molar-refractivity contribution in [2.75, 3.05) is 6.54 Å². The van der Waals surface area contributed by atoms with Crippen LogP contribution in [-0.4, -0.2) is 22.9 Å². The monoisotopic (exact) mass is 314 g/mol. The number of hydrogen-bond donors (Lipinski definition) is 0. The molecule has 3 fully saturated rings. The number of amides is 1. The second-order valence-corrected chi connectivity index (χ2v) is 8.00. The van der Waals surface area contributed by atoms with Crippen LogP contribution in [0.15, 0.2) is 24.3 Å². The van der Waals surface area contributed by atoms with Gasteiger partial charge >= 0.3 is 0 Å². The van der Waals surface area contributed by atoms with Crippen molar-refractivity contribution < 1.29 is 4.79 Å². The molecule has 22 heavy (non-hydrogen) atoms. The molecule has 1 aromatic carbocycles. The first-order chi connectivity index (χ1) is 10.4. The lowest BCUT2D eigenvalue weighted by Gasteiger charge is -2.43. The summed E-state index contributed by atoms with van der Waals surface area (Å²) < 4.78 is 0. The van der Waals surface area contributed by atoms with Gasteiger partial charge in [0.25, 0.3) is 5.91 Å². The zero-order valence-electron chi connectivity index (χ0n) is 12.9. The first kappa shape index (κ1) is 14.1. The van der Waals surface area contributed by atoms with E-state index in [0.29, 0.717) is 23.0 Å². The van der Waals surface area contributed by atoms with Crippen LogP contribution >= 0.6 is 11.6 Å². The van der Waals surface area contributed by atoms with Crippen LogP contribution < -0.4 is 0 Å². The van der Waals surface area contributed by atoms with Crippen LogP contribution in [-0.2, 0) is 0 Å². The molecule has 4 heteroatoms. The maximum absolute atomic E-state index is 13.0. The lowest BCUT2D eigenvalue weighted by Crippen LogP contribution is -2.54. The van der Waals surface area contributed by atoms with Gasteiger partial charge in [-0.25, -0.2) is 0 Å². The number of nitrogens with zero attached hydrogens (tertiary/aromatic N) is 2. The molecule has 4 bridgehead atoms. The molecule has 0 unspecified atom stereocenters. The van der Waals surface area contributed by atoms with E-state index in [0.717, 1.165) is 12.8 Å². The van der Waals surface area contributed by atoms with Crippen molar-refractivity contribution >= 4 is 17.5 Å². The maximum Gasteiger partial charge on any atom is 0.255 e. The summed E-state index contributed by atoms with van der Waals surface area (Å²) in [6.45, 7) is 5.19. The zero-order chi connectivity index (χ0) is 15.8. The summed E-state index contributed by atoms with van der Waals surface area (Å²) in [7, 11) is 0. The summed E-state index contributed by atoms with van der Waals surface area (Å²) in [5, 5.41) is 10.6. The second kappa shape index (κ2) is 4.06. The van der Waals surface area contributed by atoms with Gasteiger partial charge in [0.05, 0.1) is 6.07 Å². The van der Waals surface area contributed by atoms with E-state index in [-0.39, 0.29) is 16.7 Å². The summed E-state index contributed by atoms with van der Waals surface area (Å²) in [5.41, 5.74) is -0.0251. The number of likely N-dealkylation sites (tertiary alicyclic amines) is 1. The van der Waals surface area contributed by atoms with Gasteiger partial charge in [-0.15, -0.1) is 0 Å². The molecule has 4 rings (SSSR count). The fraction of sp³-hybridized carbons (Fsp3) is 0.556. The Morgan fingerprint density at radius 2 is 2.05 bits per heavy atom. The molecule has 0 aromatic heterocycles.